The van der Waals surface area contributed by atoms with E-state index in [0.29, 0.717) is 0 Å². The van der Waals surface area contributed by atoms with Crippen LogP contribution in [-0.4, -0.2) is 18.3 Å². The normalized spacial score (nSPS) is 21.2. The van der Waals surface area contributed by atoms with Gasteiger partial charge < -0.3 is 15.0 Å². The quantitative estimate of drug-likeness (QED) is 0.655. The number of benzene rings is 1. The van der Waals surface area contributed by atoms with Gasteiger partial charge in [0.15, 0.2) is 0 Å². The van der Waals surface area contributed by atoms with Crippen molar-refractivity contribution in [3.05, 3.63) is 29.8 Å². The summed E-state index contributed by atoms with van der Waals surface area (Å²) in [5, 5.41) is 0. The summed E-state index contributed by atoms with van der Waals surface area (Å²) < 4.78 is 12.1. The minimum Gasteiger partial charge on any atom is -0.399 e. The fourth-order valence-corrected chi connectivity index (χ4v) is 2.10. The highest BCUT2D eigenvalue weighted by Gasteiger charge is 2.52. The molecule has 1 heterocycles. The van der Waals surface area contributed by atoms with Crippen molar-refractivity contribution < 1.29 is 9.31 Å². The van der Waals surface area contributed by atoms with Gasteiger partial charge >= 0.3 is 7.12 Å². The molecule has 0 bridgehead atoms. The molecule has 0 saturated carbocycles. The SMILES string of the molecule is CC=Cc1cccc(B2OC(C)(C)C(C)(C)O2)c1N. The third-order valence-electron chi connectivity index (χ3n) is 4.03. The minimum absolute atomic E-state index is 0.347. The van der Waals surface area contributed by atoms with E-state index in [-0.39, 0.29) is 11.2 Å². The van der Waals surface area contributed by atoms with Crippen molar-refractivity contribution in [3.63, 3.8) is 0 Å². The van der Waals surface area contributed by atoms with Crippen LogP contribution in [-0.2, 0) is 9.31 Å². The van der Waals surface area contributed by atoms with Gasteiger partial charge in [0.1, 0.15) is 0 Å². The molecule has 0 radical (unpaired) electrons. The maximum Gasteiger partial charge on any atom is 0.496 e. The highest BCUT2D eigenvalue weighted by Crippen LogP contribution is 2.37. The van der Waals surface area contributed by atoms with Gasteiger partial charge in [0.2, 0.25) is 0 Å². The molecule has 2 N–H and O–H groups in total. The monoisotopic (exact) mass is 259 g/mol. The predicted molar refractivity (Wildman–Crippen MR) is 81.3 cm³/mol. The van der Waals surface area contributed by atoms with Gasteiger partial charge in [-0.05, 0) is 40.2 Å². The summed E-state index contributed by atoms with van der Waals surface area (Å²) in [6, 6.07) is 5.93. The molecule has 19 heavy (non-hydrogen) atoms. The first kappa shape index (κ1) is 14.2. The van der Waals surface area contributed by atoms with Gasteiger partial charge in [0.05, 0.1) is 11.2 Å². The number of nitrogen functional groups attached to an aromatic ring is 1. The lowest BCUT2D eigenvalue weighted by atomic mass is 9.77. The van der Waals surface area contributed by atoms with Crippen molar-refractivity contribution in [3.8, 4) is 0 Å². The van der Waals surface area contributed by atoms with Crippen molar-refractivity contribution in [2.45, 2.75) is 45.8 Å². The fourth-order valence-electron chi connectivity index (χ4n) is 2.10. The summed E-state index contributed by atoms with van der Waals surface area (Å²) in [5.41, 5.74) is 8.14. The third kappa shape index (κ3) is 2.43. The molecule has 1 fully saturated rings. The van der Waals surface area contributed by atoms with E-state index in [1.807, 2.05) is 65.0 Å². The number of anilines is 1. The highest BCUT2D eigenvalue weighted by molar-refractivity contribution is 6.64. The Balaban J connectivity index is 2.37. The first-order valence-corrected chi connectivity index (χ1v) is 6.65. The Morgan fingerprint density at radius 2 is 1.68 bits per heavy atom. The molecule has 0 spiro atoms. The minimum atomic E-state index is -0.407. The molecule has 1 aliphatic rings. The van der Waals surface area contributed by atoms with Crippen LogP contribution in [0.5, 0.6) is 0 Å². The van der Waals surface area contributed by atoms with E-state index in [1.54, 1.807) is 0 Å². The van der Waals surface area contributed by atoms with E-state index in [2.05, 4.69) is 0 Å². The maximum atomic E-state index is 6.22. The molecular weight excluding hydrogens is 237 g/mol. The van der Waals surface area contributed by atoms with E-state index in [9.17, 15) is 0 Å². The van der Waals surface area contributed by atoms with E-state index in [1.165, 1.54) is 0 Å². The zero-order chi connectivity index (χ0) is 14.3. The summed E-state index contributed by atoms with van der Waals surface area (Å²) >= 11 is 0. The van der Waals surface area contributed by atoms with Crippen molar-refractivity contribution >= 4 is 24.3 Å². The van der Waals surface area contributed by atoms with Gasteiger partial charge in [-0.1, -0.05) is 30.4 Å². The van der Waals surface area contributed by atoms with Gasteiger partial charge in [0.25, 0.3) is 0 Å². The largest absolute Gasteiger partial charge is 0.496 e. The van der Waals surface area contributed by atoms with E-state index >= 15 is 0 Å². The average molecular weight is 259 g/mol. The van der Waals surface area contributed by atoms with Crippen LogP contribution in [0.2, 0.25) is 0 Å². The maximum absolute atomic E-state index is 6.22. The lowest BCUT2D eigenvalue weighted by molar-refractivity contribution is 0.00578. The van der Waals surface area contributed by atoms with Crippen molar-refractivity contribution in [2.75, 3.05) is 5.73 Å². The molecule has 3 nitrogen and oxygen atoms in total. The number of rotatable bonds is 2. The number of nitrogens with two attached hydrogens (primary N) is 1. The molecule has 0 unspecified atom stereocenters. The molecular formula is C15H22BNO2. The Labute approximate surface area is 115 Å². The van der Waals surface area contributed by atoms with Crippen LogP contribution in [0.1, 0.15) is 40.2 Å². The Morgan fingerprint density at radius 1 is 1.11 bits per heavy atom. The van der Waals surface area contributed by atoms with Crippen LogP contribution in [0.3, 0.4) is 0 Å². The van der Waals surface area contributed by atoms with Crippen LogP contribution >= 0.6 is 0 Å². The number of hydrogen-bond donors (Lipinski definition) is 1. The number of hydrogen-bond acceptors (Lipinski definition) is 3. The number of para-hydroxylation sites is 1. The van der Waals surface area contributed by atoms with E-state index in [0.717, 1.165) is 16.7 Å². The molecule has 1 aromatic rings. The lowest BCUT2D eigenvalue weighted by Crippen LogP contribution is -2.41. The third-order valence-corrected chi connectivity index (χ3v) is 4.03. The molecule has 1 aliphatic heterocycles. The van der Waals surface area contributed by atoms with Gasteiger partial charge in [-0.15, -0.1) is 0 Å². The Kier molecular flexibility index (Phi) is 3.50. The van der Waals surface area contributed by atoms with Crippen molar-refractivity contribution in [1.29, 1.82) is 0 Å². The summed E-state index contributed by atoms with van der Waals surface area (Å²) in [6.45, 7) is 10.1. The summed E-state index contributed by atoms with van der Waals surface area (Å²) in [7, 11) is -0.407. The standard InChI is InChI=1S/C15H22BNO2/c1-6-8-11-9-7-10-12(13(11)17)16-18-14(2,3)15(4,5)19-16/h6-10H,17H2,1-5H3. The van der Waals surface area contributed by atoms with Crippen LogP contribution in [0.25, 0.3) is 6.08 Å². The summed E-state index contributed by atoms with van der Waals surface area (Å²) in [6.07, 6.45) is 3.96. The smallest absolute Gasteiger partial charge is 0.399 e. The second-order valence-corrected chi connectivity index (χ2v) is 5.94. The molecule has 0 amide bonds. The highest BCUT2D eigenvalue weighted by atomic mass is 16.7. The van der Waals surface area contributed by atoms with Crippen LogP contribution in [0.15, 0.2) is 24.3 Å². The van der Waals surface area contributed by atoms with Crippen LogP contribution in [0, 0.1) is 0 Å². The molecule has 0 aliphatic carbocycles. The van der Waals surface area contributed by atoms with Gasteiger partial charge in [-0.25, -0.2) is 0 Å². The van der Waals surface area contributed by atoms with Gasteiger partial charge in [0, 0.05) is 11.2 Å². The fraction of sp³-hybridized carbons (Fsp3) is 0.467. The lowest BCUT2D eigenvalue weighted by Gasteiger charge is -2.32. The van der Waals surface area contributed by atoms with Gasteiger partial charge in [-0.2, -0.15) is 0 Å². The van der Waals surface area contributed by atoms with E-state index in [4.69, 9.17) is 15.0 Å². The Morgan fingerprint density at radius 3 is 2.21 bits per heavy atom. The zero-order valence-corrected chi connectivity index (χ0v) is 12.4. The first-order chi connectivity index (χ1) is 8.78. The molecule has 1 aromatic carbocycles. The molecule has 1 saturated heterocycles. The zero-order valence-electron chi connectivity index (χ0n) is 12.4. The molecule has 0 aromatic heterocycles. The predicted octanol–water partition coefficient (Wildman–Crippen LogP) is 2.60. The Bertz CT molecular complexity index is 493. The number of allylic oxidation sites excluding steroid dienone is 1. The van der Waals surface area contributed by atoms with E-state index < -0.39 is 7.12 Å². The van der Waals surface area contributed by atoms with Crippen LogP contribution < -0.4 is 11.2 Å². The second-order valence-electron chi connectivity index (χ2n) is 5.94. The summed E-state index contributed by atoms with van der Waals surface area (Å²) in [4.78, 5) is 0. The molecule has 2 rings (SSSR count). The molecule has 102 valence electrons. The van der Waals surface area contributed by atoms with Crippen molar-refractivity contribution in [1.82, 2.24) is 0 Å². The second kappa shape index (κ2) is 4.69. The summed E-state index contributed by atoms with van der Waals surface area (Å²) in [5.74, 6) is 0. The molecule has 4 heteroatoms. The Hall–Kier alpha value is -1.26. The first-order valence-electron chi connectivity index (χ1n) is 6.65. The average Bonchev–Trinajstić information content (AvgIpc) is 2.51. The van der Waals surface area contributed by atoms with Crippen LogP contribution in [0.4, 0.5) is 5.69 Å². The topological polar surface area (TPSA) is 44.5 Å². The molecule has 0 atom stereocenters. The van der Waals surface area contributed by atoms with Crippen molar-refractivity contribution in [2.24, 2.45) is 0 Å². The van der Waals surface area contributed by atoms with Gasteiger partial charge in [-0.3, -0.25) is 0 Å².